The number of hydrogen-bond acceptors (Lipinski definition) is 5. The van der Waals surface area contributed by atoms with Crippen LogP contribution in [-0.4, -0.2) is 38.6 Å². The normalized spacial score (nSPS) is 13.1. The highest BCUT2D eigenvalue weighted by Gasteiger charge is 2.27. The zero-order valence-corrected chi connectivity index (χ0v) is 17.4. The van der Waals surface area contributed by atoms with Gasteiger partial charge >= 0.3 is 0 Å². The predicted octanol–water partition coefficient (Wildman–Crippen LogP) is 1.94. The third-order valence-corrected chi connectivity index (χ3v) is 5.50. The van der Waals surface area contributed by atoms with E-state index in [-0.39, 0.29) is 18.0 Å². The zero-order valence-electron chi connectivity index (χ0n) is 17.4. The van der Waals surface area contributed by atoms with E-state index in [1.54, 1.807) is 29.7 Å². The molecule has 0 bridgehead atoms. The molecule has 2 aromatic heterocycles. The molecule has 0 saturated heterocycles. The first-order chi connectivity index (χ1) is 14.5. The van der Waals surface area contributed by atoms with E-state index in [0.717, 1.165) is 17.0 Å². The van der Waals surface area contributed by atoms with Gasteiger partial charge in [0, 0.05) is 39.8 Å². The minimum atomic E-state index is -0.124. The van der Waals surface area contributed by atoms with Gasteiger partial charge in [0.1, 0.15) is 11.4 Å². The Morgan fingerprint density at radius 1 is 1.20 bits per heavy atom. The Labute approximate surface area is 174 Å². The molecular formula is C22H25N5O3. The van der Waals surface area contributed by atoms with Gasteiger partial charge in [-0.3, -0.25) is 14.2 Å². The van der Waals surface area contributed by atoms with Crippen LogP contribution >= 0.6 is 0 Å². The predicted molar refractivity (Wildman–Crippen MR) is 114 cm³/mol. The molecule has 156 valence electrons. The number of carbonyl (C=O) groups is 1. The number of aromatic nitrogens is 3. The van der Waals surface area contributed by atoms with Crippen LogP contribution in [0.2, 0.25) is 0 Å². The summed E-state index contributed by atoms with van der Waals surface area (Å²) in [5.74, 6) is 1.25. The van der Waals surface area contributed by atoms with Crippen molar-refractivity contribution >= 4 is 11.9 Å². The summed E-state index contributed by atoms with van der Waals surface area (Å²) in [5.41, 5.74) is 2.89. The summed E-state index contributed by atoms with van der Waals surface area (Å²) in [6.07, 6.45) is 2.39. The van der Waals surface area contributed by atoms with Crippen LogP contribution in [0.1, 0.15) is 27.3 Å². The largest absolute Gasteiger partial charge is 0.497 e. The molecule has 1 N–H and O–H groups in total. The van der Waals surface area contributed by atoms with Crippen LogP contribution in [0.3, 0.4) is 0 Å². The number of nitrogens with one attached hydrogen (secondary N) is 1. The number of anilines is 1. The van der Waals surface area contributed by atoms with Gasteiger partial charge in [-0.05, 0) is 29.8 Å². The zero-order chi connectivity index (χ0) is 21.3. The van der Waals surface area contributed by atoms with Gasteiger partial charge in [-0.1, -0.05) is 12.1 Å². The summed E-state index contributed by atoms with van der Waals surface area (Å²) in [6, 6.07) is 11.4. The fourth-order valence-corrected chi connectivity index (χ4v) is 3.67. The van der Waals surface area contributed by atoms with Gasteiger partial charge in [0.25, 0.3) is 11.5 Å². The molecule has 1 amide bonds. The van der Waals surface area contributed by atoms with Gasteiger partial charge in [0.05, 0.1) is 24.9 Å². The summed E-state index contributed by atoms with van der Waals surface area (Å²) < 4.78 is 8.48. The molecule has 1 aliphatic heterocycles. The summed E-state index contributed by atoms with van der Waals surface area (Å²) in [5, 5.41) is 3.25. The molecule has 0 saturated carbocycles. The van der Waals surface area contributed by atoms with Crippen molar-refractivity contribution in [1.82, 2.24) is 19.0 Å². The maximum atomic E-state index is 13.0. The van der Waals surface area contributed by atoms with Gasteiger partial charge in [-0.15, -0.1) is 0 Å². The SMILES string of the molecule is COc1ccc(CNc2nc3c(c(=O)n2C)CN(C(=O)c2cccn2C)CC3)cc1. The van der Waals surface area contributed by atoms with Gasteiger partial charge in [-0.2, -0.15) is 0 Å². The van der Waals surface area contributed by atoms with E-state index in [1.165, 1.54) is 4.57 Å². The van der Waals surface area contributed by atoms with Crippen LogP contribution in [-0.2, 0) is 33.6 Å². The van der Waals surface area contributed by atoms with E-state index in [2.05, 4.69) is 10.3 Å². The Kier molecular flexibility index (Phi) is 5.31. The lowest BCUT2D eigenvalue weighted by Crippen LogP contribution is -2.41. The van der Waals surface area contributed by atoms with Crippen LogP contribution in [0.4, 0.5) is 5.95 Å². The van der Waals surface area contributed by atoms with E-state index < -0.39 is 0 Å². The molecule has 3 heterocycles. The minimum absolute atomic E-state index is 0.0723. The lowest BCUT2D eigenvalue weighted by Gasteiger charge is -2.28. The third-order valence-electron chi connectivity index (χ3n) is 5.50. The highest BCUT2D eigenvalue weighted by Crippen LogP contribution is 2.19. The standard InChI is InChI=1S/C22H25N5O3/c1-25-11-4-5-19(25)21(29)27-12-10-18-17(14-27)20(28)26(2)22(24-18)23-13-15-6-8-16(30-3)9-7-15/h4-9,11H,10,12-14H2,1-3H3,(H,23,24). The highest BCUT2D eigenvalue weighted by atomic mass is 16.5. The maximum Gasteiger partial charge on any atom is 0.270 e. The molecule has 0 unspecified atom stereocenters. The van der Waals surface area contributed by atoms with Crippen LogP contribution in [0.5, 0.6) is 5.75 Å². The number of ether oxygens (including phenoxy) is 1. The highest BCUT2D eigenvalue weighted by molar-refractivity contribution is 5.92. The van der Waals surface area contributed by atoms with Crippen LogP contribution in [0, 0.1) is 0 Å². The maximum absolute atomic E-state index is 13.0. The first-order valence-electron chi connectivity index (χ1n) is 9.84. The average molecular weight is 407 g/mol. The quantitative estimate of drug-likeness (QED) is 0.699. The van der Waals surface area contributed by atoms with E-state index >= 15 is 0 Å². The number of aryl methyl sites for hydroxylation is 1. The van der Waals surface area contributed by atoms with Crippen molar-refractivity contribution in [3.8, 4) is 5.75 Å². The van der Waals surface area contributed by atoms with Gasteiger partial charge in [0.15, 0.2) is 0 Å². The Bertz CT molecular complexity index is 1130. The Balaban J connectivity index is 1.52. The van der Waals surface area contributed by atoms with Crippen molar-refractivity contribution in [3.05, 3.63) is 75.5 Å². The van der Waals surface area contributed by atoms with Crippen molar-refractivity contribution in [1.29, 1.82) is 0 Å². The fourth-order valence-electron chi connectivity index (χ4n) is 3.67. The van der Waals surface area contributed by atoms with E-state index in [4.69, 9.17) is 4.74 Å². The minimum Gasteiger partial charge on any atom is -0.497 e. The summed E-state index contributed by atoms with van der Waals surface area (Å²) in [4.78, 5) is 32.2. The van der Waals surface area contributed by atoms with Crippen molar-refractivity contribution < 1.29 is 9.53 Å². The number of amides is 1. The second-order valence-electron chi connectivity index (χ2n) is 7.41. The number of nitrogens with zero attached hydrogens (tertiary/aromatic N) is 4. The van der Waals surface area contributed by atoms with Crippen molar-refractivity contribution in [2.45, 2.75) is 19.5 Å². The van der Waals surface area contributed by atoms with E-state index in [0.29, 0.717) is 36.7 Å². The summed E-state index contributed by atoms with van der Waals surface area (Å²) >= 11 is 0. The number of fused-ring (bicyclic) bond motifs is 1. The molecule has 4 rings (SSSR count). The van der Waals surface area contributed by atoms with Crippen molar-refractivity contribution in [2.24, 2.45) is 14.1 Å². The number of rotatable bonds is 5. The molecule has 0 spiro atoms. The number of benzene rings is 1. The molecule has 8 nitrogen and oxygen atoms in total. The van der Waals surface area contributed by atoms with Crippen LogP contribution < -0.4 is 15.6 Å². The molecule has 0 atom stereocenters. The van der Waals surface area contributed by atoms with Gasteiger partial charge in [0.2, 0.25) is 5.95 Å². The molecule has 30 heavy (non-hydrogen) atoms. The van der Waals surface area contributed by atoms with Crippen molar-refractivity contribution in [3.63, 3.8) is 0 Å². The first-order valence-corrected chi connectivity index (χ1v) is 9.84. The fraction of sp³-hybridized carbons (Fsp3) is 0.318. The number of hydrogen-bond donors (Lipinski definition) is 1. The Hall–Kier alpha value is -3.55. The average Bonchev–Trinajstić information content (AvgIpc) is 3.20. The molecule has 0 fully saturated rings. The second kappa shape index (κ2) is 8.06. The number of methoxy groups -OCH3 is 1. The molecule has 8 heteroatoms. The van der Waals surface area contributed by atoms with Gasteiger partial charge < -0.3 is 19.5 Å². The van der Waals surface area contributed by atoms with Gasteiger partial charge in [-0.25, -0.2) is 4.98 Å². The van der Waals surface area contributed by atoms with Crippen LogP contribution in [0.25, 0.3) is 0 Å². The number of carbonyl (C=O) groups excluding carboxylic acids is 1. The second-order valence-corrected chi connectivity index (χ2v) is 7.41. The van der Waals surface area contributed by atoms with Crippen molar-refractivity contribution in [2.75, 3.05) is 19.0 Å². The summed E-state index contributed by atoms with van der Waals surface area (Å²) in [6.45, 7) is 1.36. The molecule has 1 aromatic carbocycles. The Morgan fingerprint density at radius 3 is 2.63 bits per heavy atom. The molecular weight excluding hydrogens is 382 g/mol. The Morgan fingerprint density at radius 2 is 1.97 bits per heavy atom. The first kappa shape index (κ1) is 19.8. The third kappa shape index (κ3) is 3.68. The van der Waals surface area contributed by atoms with E-state index in [9.17, 15) is 9.59 Å². The van der Waals surface area contributed by atoms with E-state index in [1.807, 2.05) is 43.6 Å². The molecule has 0 radical (unpaired) electrons. The topological polar surface area (TPSA) is 81.4 Å². The molecule has 3 aromatic rings. The molecule has 0 aliphatic carbocycles. The lowest BCUT2D eigenvalue weighted by molar-refractivity contribution is 0.0722. The lowest BCUT2D eigenvalue weighted by atomic mass is 10.1. The monoisotopic (exact) mass is 407 g/mol. The smallest absolute Gasteiger partial charge is 0.270 e. The van der Waals surface area contributed by atoms with Crippen LogP contribution in [0.15, 0.2) is 47.4 Å². The summed E-state index contributed by atoms with van der Waals surface area (Å²) in [7, 11) is 5.17. The molecule has 1 aliphatic rings.